The Morgan fingerprint density at radius 1 is 0.882 bits per heavy atom. The second-order valence-electron chi connectivity index (χ2n) is 4.31. The van der Waals surface area contributed by atoms with E-state index in [1.165, 1.54) is 5.56 Å². The molecule has 17 heavy (non-hydrogen) atoms. The molecule has 3 rings (SSSR count). The number of anilines is 2. The Morgan fingerprint density at radius 3 is 2.24 bits per heavy atom. The SMILES string of the molecule is Nc1ccccc1N1C(c2ccccc2)[C@H]1N. The summed E-state index contributed by atoms with van der Waals surface area (Å²) in [6, 6.07) is 18.4. The number of nitrogen functional groups attached to an aromatic ring is 1. The molecule has 1 saturated heterocycles. The lowest BCUT2D eigenvalue weighted by Crippen LogP contribution is -2.09. The molecule has 86 valence electrons. The summed E-state index contributed by atoms with van der Waals surface area (Å²) < 4.78 is 0. The van der Waals surface area contributed by atoms with Crippen LogP contribution in [0.4, 0.5) is 11.4 Å². The molecule has 0 saturated carbocycles. The topological polar surface area (TPSA) is 55.0 Å². The molecule has 1 aliphatic rings. The van der Waals surface area contributed by atoms with Crippen LogP contribution in [0.15, 0.2) is 54.6 Å². The molecule has 1 heterocycles. The third-order valence-corrected chi connectivity index (χ3v) is 3.21. The number of nitrogens with zero attached hydrogens (tertiary/aromatic N) is 1. The summed E-state index contributed by atoms with van der Waals surface area (Å²) in [7, 11) is 0. The van der Waals surface area contributed by atoms with Crippen LogP contribution >= 0.6 is 0 Å². The fraction of sp³-hybridized carbons (Fsp3) is 0.143. The first-order chi connectivity index (χ1) is 8.29. The minimum atomic E-state index is 0.0297. The average Bonchev–Trinajstić information content (AvgIpc) is 3.02. The summed E-state index contributed by atoms with van der Waals surface area (Å²) in [4.78, 5) is 2.14. The first-order valence-electron chi connectivity index (χ1n) is 5.72. The molecule has 0 radical (unpaired) electrons. The van der Waals surface area contributed by atoms with Crippen LogP contribution in [-0.4, -0.2) is 6.17 Å². The van der Waals surface area contributed by atoms with E-state index < -0.39 is 0 Å². The lowest BCUT2D eigenvalue weighted by atomic mass is 10.1. The molecule has 3 nitrogen and oxygen atoms in total. The van der Waals surface area contributed by atoms with Crippen molar-refractivity contribution < 1.29 is 0 Å². The molecule has 0 aliphatic carbocycles. The van der Waals surface area contributed by atoms with E-state index in [4.69, 9.17) is 11.5 Å². The highest BCUT2D eigenvalue weighted by Crippen LogP contribution is 2.45. The van der Waals surface area contributed by atoms with E-state index in [-0.39, 0.29) is 12.2 Å². The molecule has 2 aromatic rings. The lowest BCUT2D eigenvalue weighted by molar-refractivity contribution is 0.990. The van der Waals surface area contributed by atoms with E-state index in [1.807, 2.05) is 42.5 Å². The van der Waals surface area contributed by atoms with Crippen molar-refractivity contribution in [3.8, 4) is 0 Å². The summed E-state index contributed by atoms with van der Waals surface area (Å²) in [6.07, 6.45) is 0.0297. The van der Waals surface area contributed by atoms with Gasteiger partial charge in [-0.15, -0.1) is 0 Å². The summed E-state index contributed by atoms with van der Waals surface area (Å²) in [5.41, 5.74) is 15.1. The van der Waals surface area contributed by atoms with Crippen LogP contribution in [-0.2, 0) is 0 Å². The fourth-order valence-corrected chi connectivity index (χ4v) is 2.29. The van der Waals surface area contributed by atoms with Gasteiger partial charge in [0, 0.05) is 0 Å². The summed E-state index contributed by atoms with van der Waals surface area (Å²) >= 11 is 0. The predicted molar refractivity (Wildman–Crippen MR) is 70.5 cm³/mol. The van der Waals surface area contributed by atoms with E-state index in [0.717, 1.165) is 11.4 Å². The van der Waals surface area contributed by atoms with Crippen molar-refractivity contribution in [3.05, 3.63) is 60.2 Å². The molecular weight excluding hydrogens is 210 g/mol. The predicted octanol–water partition coefficient (Wildman–Crippen LogP) is 2.11. The van der Waals surface area contributed by atoms with Gasteiger partial charge >= 0.3 is 0 Å². The van der Waals surface area contributed by atoms with Crippen molar-refractivity contribution >= 4 is 11.4 Å². The summed E-state index contributed by atoms with van der Waals surface area (Å²) in [5, 5.41) is 0. The Morgan fingerprint density at radius 2 is 1.53 bits per heavy atom. The highest BCUT2D eigenvalue weighted by atomic mass is 15.4. The van der Waals surface area contributed by atoms with Gasteiger partial charge in [-0.05, 0) is 17.7 Å². The molecular formula is C14H15N3. The van der Waals surface area contributed by atoms with E-state index in [2.05, 4.69) is 17.0 Å². The largest absolute Gasteiger partial charge is 0.397 e. The van der Waals surface area contributed by atoms with E-state index in [9.17, 15) is 0 Å². The van der Waals surface area contributed by atoms with Crippen LogP contribution in [0.1, 0.15) is 11.6 Å². The molecule has 1 aliphatic heterocycles. The van der Waals surface area contributed by atoms with Crippen LogP contribution in [0.2, 0.25) is 0 Å². The molecule has 1 unspecified atom stereocenters. The number of hydrogen-bond donors (Lipinski definition) is 2. The van der Waals surface area contributed by atoms with Crippen molar-refractivity contribution in [3.63, 3.8) is 0 Å². The van der Waals surface area contributed by atoms with Gasteiger partial charge in [-0.1, -0.05) is 42.5 Å². The van der Waals surface area contributed by atoms with Crippen LogP contribution in [0.25, 0.3) is 0 Å². The second kappa shape index (κ2) is 3.79. The van der Waals surface area contributed by atoms with Gasteiger partial charge in [0.15, 0.2) is 0 Å². The fourth-order valence-electron chi connectivity index (χ4n) is 2.29. The van der Waals surface area contributed by atoms with Crippen molar-refractivity contribution in [2.75, 3.05) is 10.6 Å². The van der Waals surface area contributed by atoms with E-state index >= 15 is 0 Å². The summed E-state index contributed by atoms with van der Waals surface area (Å²) in [6.45, 7) is 0. The third kappa shape index (κ3) is 1.65. The average molecular weight is 225 g/mol. The maximum atomic E-state index is 6.11. The standard InChI is InChI=1S/C14H15N3/c15-11-8-4-5-9-12(11)17-13(14(17)16)10-6-2-1-3-7-10/h1-9,13-14H,15-16H2/t13?,14-,17?/m0/s1. The zero-order chi connectivity index (χ0) is 11.8. The van der Waals surface area contributed by atoms with Gasteiger partial charge in [0.25, 0.3) is 0 Å². The van der Waals surface area contributed by atoms with Gasteiger partial charge < -0.3 is 16.4 Å². The number of para-hydroxylation sites is 2. The van der Waals surface area contributed by atoms with Crippen molar-refractivity contribution in [1.82, 2.24) is 0 Å². The minimum absolute atomic E-state index is 0.0297. The highest BCUT2D eigenvalue weighted by molar-refractivity contribution is 5.72. The van der Waals surface area contributed by atoms with E-state index in [1.54, 1.807) is 0 Å². The molecule has 4 N–H and O–H groups in total. The van der Waals surface area contributed by atoms with Crippen LogP contribution in [0.5, 0.6) is 0 Å². The Hall–Kier alpha value is -2.00. The van der Waals surface area contributed by atoms with Gasteiger partial charge in [-0.2, -0.15) is 0 Å². The van der Waals surface area contributed by atoms with Crippen LogP contribution in [0, 0.1) is 0 Å². The van der Waals surface area contributed by atoms with Gasteiger partial charge in [0.05, 0.1) is 17.4 Å². The minimum Gasteiger partial charge on any atom is -0.397 e. The molecule has 0 amide bonds. The van der Waals surface area contributed by atoms with Gasteiger partial charge in [0.2, 0.25) is 0 Å². The van der Waals surface area contributed by atoms with Gasteiger partial charge in [-0.3, -0.25) is 0 Å². The zero-order valence-corrected chi connectivity index (χ0v) is 9.45. The Balaban J connectivity index is 1.91. The number of benzene rings is 2. The first-order valence-corrected chi connectivity index (χ1v) is 5.72. The molecule has 1 fully saturated rings. The van der Waals surface area contributed by atoms with Crippen molar-refractivity contribution in [2.24, 2.45) is 5.73 Å². The lowest BCUT2D eigenvalue weighted by Gasteiger charge is -2.08. The maximum absolute atomic E-state index is 6.11. The Kier molecular flexibility index (Phi) is 2.27. The number of nitrogens with two attached hydrogens (primary N) is 2. The molecule has 3 heteroatoms. The molecule has 0 bridgehead atoms. The van der Waals surface area contributed by atoms with Gasteiger partial charge in [0.1, 0.15) is 6.17 Å². The molecule has 0 aromatic heterocycles. The van der Waals surface area contributed by atoms with Crippen molar-refractivity contribution in [1.29, 1.82) is 0 Å². The third-order valence-electron chi connectivity index (χ3n) is 3.21. The smallest absolute Gasteiger partial charge is 0.103 e. The highest BCUT2D eigenvalue weighted by Gasteiger charge is 2.46. The first kappa shape index (κ1) is 10.2. The van der Waals surface area contributed by atoms with E-state index in [0.29, 0.717) is 0 Å². The number of hydrogen-bond acceptors (Lipinski definition) is 3. The molecule has 0 spiro atoms. The van der Waals surface area contributed by atoms with Gasteiger partial charge in [-0.25, -0.2) is 0 Å². The molecule has 2 atom stereocenters. The quantitative estimate of drug-likeness (QED) is 0.608. The normalized spacial score (nSPS) is 22.5. The molecule has 2 aromatic carbocycles. The second-order valence-corrected chi connectivity index (χ2v) is 4.31. The van der Waals surface area contributed by atoms with Crippen LogP contribution in [0.3, 0.4) is 0 Å². The Bertz CT molecular complexity index is 524. The van der Waals surface area contributed by atoms with Crippen molar-refractivity contribution in [2.45, 2.75) is 12.2 Å². The number of rotatable bonds is 2. The van der Waals surface area contributed by atoms with Crippen LogP contribution < -0.4 is 16.4 Å². The monoisotopic (exact) mass is 225 g/mol. The summed E-state index contributed by atoms with van der Waals surface area (Å²) in [5.74, 6) is 0. The Labute approximate surface area is 101 Å². The zero-order valence-electron chi connectivity index (χ0n) is 9.45. The maximum Gasteiger partial charge on any atom is 0.103 e.